The van der Waals surface area contributed by atoms with Crippen molar-refractivity contribution in [3.05, 3.63) is 47.8 Å². The normalized spacial score (nSPS) is 19.7. The summed E-state index contributed by atoms with van der Waals surface area (Å²) in [5.74, 6) is -1.10. The maximum absolute atomic E-state index is 13.4. The average molecular weight is 563 g/mol. The lowest BCUT2D eigenvalue weighted by molar-refractivity contribution is -0.0502. The van der Waals surface area contributed by atoms with Crippen molar-refractivity contribution in [3.8, 4) is 22.6 Å². The zero-order valence-electron chi connectivity index (χ0n) is 22.7. The van der Waals surface area contributed by atoms with E-state index in [1.807, 2.05) is 32.2 Å². The van der Waals surface area contributed by atoms with Gasteiger partial charge in [-0.1, -0.05) is 6.07 Å². The van der Waals surface area contributed by atoms with Crippen LogP contribution in [-0.4, -0.2) is 85.8 Å². The highest BCUT2D eigenvalue weighted by Crippen LogP contribution is 2.38. The van der Waals surface area contributed by atoms with Crippen molar-refractivity contribution in [2.75, 3.05) is 46.6 Å². The van der Waals surface area contributed by atoms with Crippen LogP contribution >= 0.6 is 0 Å². The molecule has 2 atom stereocenters. The van der Waals surface area contributed by atoms with Crippen LogP contribution in [0.15, 0.2) is 36.7 Å². The molecule has 3 aromatic rings. The summed E-state index contributed by atoms with van der Waals surface area (Å²) in [6.07, 6.45) is 2.49. The zero-order valence-corrected chi connectivity index (χ0v) is 22.7. The van der Waals surface area contributed by atoms with Gasteiger partial charge in [0.1, 0.15) is 23.2 Å². The molecule has 1 aliphatic heterocycles. The van der Waals surface area contributed by atoms with Crippen LogP contribution in [0, 0.1) is 0 Å². The van der Waals surface area contributed by atoms with Crippen molar-refractivity contribution >= 4 is 11.4 Å². The van der Waals surface area contributed by atoms with Crippen molar-refractivity contribution in [2.45, 2.75) is 44.7 Å². The minimum absolute atomic E-state index is 0.0208. The van der Waals surface area contributed by atoms with E-state index in [2.05, 4.69) is 15.3 Å². The van der Waals surface area contributed by atoms with Gasteiger partial charge in [-0.15, -0.1) is 0 Å². The molecular weight excluding hydrogens is 529 g/mol. The number of carbonyl (C=O) groups excluding carboxylic acids is 1. The molecule has 216 valence electrons. The second kappa shape index (κ2) is 11.6. The SMILES string of the molecule is COc1cc(-c2cnn3cc(C(C)(C)OCCN4CCOCC4)ccc23)cc(OC(F)F)c1C(=O)N[C@@H]1C[C@@H]1F. The number of ether oxygens (including phenoxy) is 4. The Morgan fingerprint density at radius 2 is 1.95 bits per heavy atom. The standard InChI is InChI=1S/C28H33F3N4O5/c1-28(2,39-11-8-34-6-9-38-10-7-34)18-4-5-22-19(15-32-35(22)16-18)17-12-23(37-3)25(24(13-17)40-27(30)31)26(36)33-21-14-20(21)29/h4-5,12-13,15-16,20-21,27H,6-11,14H2,1-3H3,(H,33,36)/t20-,21+/m0/s1. The number of halogens is 3. The Morgan fingerprint density at radius 1 is 1.23 bits per heavy atom. The van der Waals surface area contributed by atoms with Crippen LogP contribution in [-0.2, 0) is 15.1 Å². The molecule has 1 saturated heterocycles. The first kappa shape index (κ1) is 28.2. The predicted molar refractivity (Wildman–Crippen MR) is 141 cm³/mol. The van der Waals surface area contributed by atoms with E-state index >= 15 is 0 Å². The largest absolute Gasteiger partial charge is 0.496 e. The Kier molecular flexibility index (Phi) is 8.20. The number of nitrogens with one attached hydrogen (secondary N) is 1. The van der Waals surface area contributed by atoms with E-state index in [9.17, 15) is 18.0 Å². The summed E-state index contributed by atoms with van der Waals surface area (Å²) in [6, 6.07) is 6.05. The molecule has 0 radical (unpaired) electrons. The number of hydrogen-bond donors (Lipinski definition) is 1. The summed E-state index contributed by atoms with van der Waals surface area (Å²) in [6.45, 7) is 5.44. The number of hydrogen-bond acceptors (Lipinski definition) is 7. The van der Waals surface area contributed by atoms with Gasteiger partial charge in [0.05, 0.1) is 50.3 Å². The Morgan fingerprint density at radius 3 is 2.62 bits per heavy atom. The molecule has 1 N–H and O–H groups in total. The van der Waals surface area contributed by atoms with Crippen LogP contribution in [0.1, 0.15) is 36.2 Å². The maximum Gasteiger partial charge on any atom is 0.387 e. The maximum atomic E-state index is 13.4. The number of alkyl halides is 3. The fraction of sp³-hybridized carbons (Fsp3) is 0.500. The molecule has 3 heterocycles. The van der Waals surface area contributed by atoms with Gasteiger partial charge in [0.25, 0.3) is 5.91 Å². The number of aromatic nitrogens is 2. The Labute approximate surface area is 230 Å². The molecule has 0 spiro atoms. The molecule has 2 aliphatic rings. The zero-order chi connectivity index (χ0) is 28.4. The smallest absolute Gasteiger partial charge is 0.387 e. The predicted octanol–water partition coefficient (Wildman–Crippen LogP) is 4.04. The van der Waals surface area contributed by atoms with Crippen molar-refractivity contribution < 1.29 is 36.9 Å². The number of amides is 1. The molecule has 1 saturated carbocycles. The third-order valence-corrected chi connectivity index (χ3v) is 7.25. The first-order chi connectivity index (χ1) is 19.2. The Bertz CT molecular complexity index is 1360. The van der Waals surface area contributed by atoms with Gasteiger partial charge in [0.15, 0.2) is 0 Å². The number of morpholine rings is 1. The fourth-order valence-corrected chi connectivity index (χ4v) is 4.77. The second-order valence-electron chi connectivity index (χ2n) is 10.4. The van der Waals surface area contributed by atoms with E-state index in [1.54, 1.807) is 16.8 Å². The topological polar surface area (TPSA) is 86.6 Å². The monoisotopic (exact) mass is 562 g/mol. The number of carbonyl (C=O) groups is 1. The molecule has 0 unspecified atom stereocenters. The average Bonchev–Trinajstić information content (AvgIpc) is 3.44. The molecule has 12 heteroatoms. The van der Waals surface area contributed by atoms with Gasteiger partial charge < -0.3 is 24.3 Å². The van der Waals surface area contributed by atoms with Gasteiger partial charge in [-0.05, 0) is 37.6 Å². The third kappa shape index (κ3) is 6.18. The lowest BCUT2D eigenvalue weighted by atomic mass is 9.98. The molecule has 5 rings (SSSR count). The number of fused-ring (bicyclic) bond motifs is 1. The van der Waals surface area contributed by atoms with E-state index in [1.165, 1.54) is 13.2 Å². The summed E-state index contributed by atoms with van der Waals surface area (Å²) in [5, 5.41) is 6.96. The fourth-order valence-electron chi connectivity index (χ4n) is 4.77. The summed E-state index contributed by atoms with van der Waals surface area (Å²) in [7, 11) is 1.32. The molecular formula is C28H33F3N4O5. The van der Waals surface area contributed by atoms with Gasteiger partial charge in [-0.2, -0.15) is 13.9 Å². The van der Waals surface area contributed by atoms with Crippen molar-refractivity contribution in [1.82, 2.24) is 19.8 Å². The van der Waals surface area contributed by atoms with E-state index in [-0.39, 0.29) is 23.5 Å². The lowest BCUT2D eigenvalue weighted by Crippen LogP contribution is -2.39. The van der Waals surface area contributed by atoms with Crippen LogP contribution < -0.4 is 14.8 Å². The van der Waals surface area contributed by atoms with E-state index in [4.69, 9.17) is 18.9 Å². The molecule has 2 fully saturated rings. The Balaban J connectivity index is 1.40. The Hall–Kier alpha value is -3.35. The van der Waals surface area contributed by atoms with Crippen LogP contribution in [0.25, 0.3) is 16.6 Å². The van der Waals surface area contributed by atoms with Crippen LogP contribution in [0.2, 0.25) is 0 Å². The lowest BCUT2D eigenvalue weighted by Gasteiger charge is -2.30. The minimum Gasteiger partial charge on any atom is -0.496 e. The molecule has 0 bridgehead atoms. The number of pyridine rings is 1. The van der Waals surface area contributed by atoms with Gasteiger partial charge >= 0.3 is 6.61 Å². The molecule has 1 aromatic carbocycles. The quantitative estimate of drug-likeness (QED) is 0.378. The van der Waals surface area contributed by atoms with E-state index in [0.717, 1.165) is 38.4 Å². The van der Waals surface area contributed by atoms with Crippen molar-refractivity contribution in [3.63, 3.8) is 0 Å². The van der Waals surface area contributed by atoms with Crippen LogP contribution in [0.4, 0.5) is 13.2 Å². The molecule has 1 amide bonds. The van der Waals surface area contributed by atoms with Gasteiger partial charge in [-0.3, -0.25) is 9.69 Å². The molecule has 9 nitrogen and oxygen atoms in total. The highest BCUT2D eigenvalue weighted by atomic mass is 19.3. The highest BCUT2D eigenvalue weighted by molar-refractivity contribution is 6.01. The van der Waals surface area contributed by atoms with Crippen molar-refractivity contribution in [1.29, 1.82) is 0 Å². The minimum atomic E-state index is -3.18. The molecule has 40 heavy (non-hydrogen) atoms. The summed E-state index contributed by atoms with van der Waals surface area (Å²) >= 11 is 0. The number of benzene rings is 1. The van der Waals surface area contributed by atoms with Gasteiger partial charge in [0, 0.05) is 43.4 Å². The van der Waals surface area contributed by atoms with Gasteiger partial charge in [0.2, 0.25) is 0 Å². The van der Waals surface area contributed by atoms with Gasteiger partial charge in [-0.25, -0.2) is 8.91 Å². The summed E-state index contributed by atoms with van der Waals surface area (Å²) in [5.41, 5.74) is 1.89. The molecule has 2 aromatic heterocycles. The van der Waals surface area contributed by atoms with E-state index < -0.39 is 30.3 Å². The van der Waals surface area contributed by atoms with Crippen LogP contribution in [0.5, 0.6) is 11.5 Å². The second-order valence-corrected chi connectivity index (χ2v) is 10.4. The first-order valence-electron chi connectivity index (χ1n) is 13.2. The van der Waals surface area contributed by atoms with Crippen LogP contribution in [0.3, 0.4) is 0 Å². The number of rotatable bonds is 11. The molecule has 1 aliphatic carbocycles. The third-order valence-electron chi connectivity index (χ3n) is 7.25. The number of methoxy groups -OCH3 is 1. The van der Waals surface area contributed by atoms with Crippen molar-refractivity contribution in [2.24, 2.45) is 0 Å². The summed E-state index contributed by atoms with van der Waals surface area (Å²) in [4.78, 5) is 15.1. The van der Waals surface area contributed by atoms with E-state index in [0.29, 0.717) is 23.3 Å². The number of nitrogens with zero attached hydrogens (tertiary/aromatic N) is 3. The first-order valence-corrected chi connectivity index (χ1v) is 13.2. The summed E-state index contributed by atoms with van der Waals surface area (Å²) < 4.78 is 63.4. The highest BCUT2D eigenvalue weighted by Gasteiger charge is 2.40.